The summed E-state index contributed by atoms with van der Waals surface area (Å²) in [6.45, 7) is 1.58. The molecule has 1 amide bonds. The van der Waals surface area contributed by atoms with E-state index in [1.165, 1.54) is 0 Å². The summed E-state index contributed by atoms with van der Waals surface area (Å²) >= 11 is 0. The van der Waals surface area contributed by atoms with Crippen molar-refractivity contribution in [3.05, 3.63) is 53.6 Å². The van der Waals surface area contributed by atoms with Crippen molar-refractivity contribution in [3.63, 3.8) is 0 Å². The summed E-state index contributed by atoms with van der Waals surface area (Å²) in [5, 5.41) is 2.90. The molecule has 1 aliphatic heterocycles. The first kappa shape index (κ1) is 19.7. The van der Waals surface area contributed by atoms with Gasteiger partial charge in [0.1, 0.15) is 19.0 Å². The van der Waals surface area contributed by atoms with Crippen LogP contribution in [0.5, 0.6) is 17.2 Å². The molecule has 0 spiro atoms. The standard InChI is InChI=1S/C22H25NO5/c1-26-18-8-5-16(6-9-18)11-12-23-22(25)4-2-3-19(24)17-7-10-20-21(15-17)28-14-13-27-20/h5-10,15H,2-4,11-14H2,1H3,(H,23,25). The first-order chi connectivity index (χ1) is 13.7. The highest BCUT2D eigenvalue weighted by Gasteiger charge is 2.15. The fourth-order valence-electron chi connectivity index (χ4n) is 3.00. The van der Waals surface area contributed by atoms with Gasteiger partial charge in [0.05, 0.1) is 7.11 Å². The van der Waals surface area contributed by atoms with Gasteiger partial charge in [-0.1, -0.05) is 12.1 Å². The number of Topliss-reactive ketones (excluding diaryl/α,β-unsaturated/α-hetero) is 1. The number of rotatable bonds is 9. The van der Waals surface area contributed by atoms with Crippen molar-refractivity contribution in [2.45, 2.75) is 25.7 Å². The van der Waals surface area contributed by atoms with Gasteiger partial charge < -0.3 is 19.5 Å². The molecule has 0 aliphatic carbocycles. The highest BCUT2D eigenvalue weighted by molar-refractivity contribution is 5.96. The van der Waals surface area contributed by atoms with E-state index in [1.54, 1.807) is 25.3 Å². The molecule has 3 rings (SSSR count). The molecular weight excluding hydrogens is 358 g/mol. The zero-order valence-corrected chi connectivity index (χ0v) is 16.0. The second-order valence-corrected chi connectivity index (χ2v) is 6.58. The minimum atomic E-state index is -0.0384. The second kappa shape index (κ2) is 9.78. The van der Waals surface area contributed by atoms with Gasteiger partial charge in [0, 0.05) is 24.9 Å². The number of ether oxygens (including phenoxy) is 3. The average Bonchev–Trinajstić information content (AvgIpc) is 2.73. The lowest BCUT2D eigenvalue weighted by Gasteiger charge is -2.18. The van der Waals surface area contributed by atoms with Gasteiger partial charge in [0.2, 0.25) is 5.91 Å². The topological polar surface area (TPSA) is 73.9 Å². The zero-order valence-electron chi connectivity index (χ0n) is 16.0. The zero-order chi connectivity index (χ0) is 19.8. The van der Waals surface area contributed by atoms with Crippen LogP contribution in [0.3, 0.4) is 0 Å². The molecular formula is C22H25NO5. The molecule has 0 atom stereocenters. The Balaban J connectivity index is 1.36. The van der Waals surface area contributed by atoms with Crippen LogP contribution >= 0.6 is 0 Å². The molecule has 28 heavy (non-hydrogen) atoms. The minimum Gasteiger partial charge on any atom is -0.497 e. The Morgan fingerprint density at radius 3 is 2.50 bits per heavy atom. The first-order valence-corrected chi connectivity index (χ1v) is 9.48. The summed E-state index contributed by atoms with van der Waals surface area (Å²) in [7, 11) is 1.63. The lowest BCUT2D eigenvalue weighted by molar-refractivity contribution is -0.121. The number of ketones is 1. The van der Waals surface area contributed by atoms with E-state index in [9.17, 15) is 9.59 Å². The predicted octanol–water partition coefficient (Wildman–Crippen LogP) is 3.18. The number of nitrogens with one attached hydrogen (secondary N) is 1. The quantitative estimate of drug-likeness (QED) is 0.673. The third-order valence-corrected chi connectivity index (χ3v) is 4.57. The summed E-state index contributed by atoms with van der Waals surface area (Å²) in [5.74, 6) is 2.05. The van der Waals surface area contributed by atoms with E-state index in [0.29, 0.717) is 56.1 Å². The molecule has 0 bridgehead atoms. The lowest BCUT2D eigenvalue weighted by Crippen LogP contribution is -2.25. The Kier molecular flexibility index (Phi) is 6.89. The number of methoxy groups -OCH3 is 1. The molecule has 6 heteroatoms. The number of amides is 1. The fraction of sp³-hybridized carbons (Fsp3) is 0.364. The van der Waals surface area contributed by atoms with Crippen molar-refractivity contribution in [2.75, 3.05) is 26.9 Å². The van der Waals surface area contributed by atoms with Crippen molar-refractivity contribution in [1.29, 1.82) is 0 Å². The van der Waals surface area contributed by atoms with E-state index in [0.717, 1.165) is 17.7 Å². The monoisotopic (exact) mass is 383 g/mol. The van der Waals surface area contributed by atoms with Crippen LogP contribution in [0, 0.1) is 0 Å². The van der Waals surface area contributed by atoms with Crippen molar-refractivity contribution >= 4 is 11.7 Å². The summed E-state index contributed by atoms with van der Waals surface area (Å²) in [4.78, 5) is 24.3. The number of fused-ring (bicyclic) bond motifs is 1. The van der Waals surface area contributed by atoms with Crippen LogP contribution in [-0.4, -0.2) is 38.6 Å². The fourth-order valence-corrected chi connectivity index (χ4v) is 3.00. The van der Waals surface area contributed by atoms with Crippen LogP contribution in [0.25, 0.3) is 0 Å². The Morgan fingerprint density at radius 2 is 1.75 bits per heavy atom. The van der Waals surface area contributed by atoms with E-state index in [2.05, 4.69) is 5.32 Å². The van der Waals surface area contributed by atoms with Crippen molar-refractivity contribution in [3.8, 4) is 17.2 Å². The number of carbonyl (C=O) groups excluding carboxylic acids is 2. The molecule has 148 valence electrons. The number of hydrogen-bond acceptors (Lipinski definition) is 5. The van der Waals surface area contributed by atoms with Gasteiger partial charge in [-0.3, -0.25) is 9.59 Å². The van der Waals surface area contributed by atoms with Crippen molar-refractivity contribution < 1.29 is 23.8 Å². The number of hydrogen-bond donors (Lipinski definition) is 1. The molecule has 2 aromatic rings. The average molecular weight is 383 g/mol. The first-order valence-electron chi connectivity index (χ1n) is 9.48. The van der Waals surface area contributed by atoms with Gasteiger partial charge in [-0.15, -0.1) is 0 Å². The highest BCUT2D eigenvalue weighted by atomic mass is 16.6. The Labute approximate surface area is 164 Å². The number of carbonyl (C=O) groups is 2. The summed E-state index contributed by atoms with van der Waals surface area (Å²) < 4.78 is 16.1. The molecule has 1 aliphatic rings. The second-order valence-electron chi connectivity index (χ2n) is 6.58. The predicted molar refractivity (Wildman–Crippen MR) is 105 cm³/mol. The SMILES string of the molecule is COc1ccc(CCNC(=O)CCCC(=O)c2ccc3c(c2)OCCO3)cc1. The molecule has 6 nitrogen and oxygen atoms in total. The Morgan fingerprint density at radius 1 is 1.00 bits per heavy atom. The molecule has 2 aromatic carbocycles. The largest absolute Gasteiger partial charge is 0.497 e. The van der Waals surface area contributed by atoms with E-state index in [1.807, 2.05) is 24.3 Å². The van der Waals surface area contributed by atoms with Crippen molar-refractivity contribution in [2.24, 2.45) is 0 Å². The summed E-state index contributed by atoms with van der Waals surface area (Å²) in [5.41, 5.74) is 1.72. The molecule has 0 saturated carbocycles. The van der Waals surface area contributed by atoms with E-state index in [-0.39, 0.29) is 11.7 Å². The van der Waals surface area contributed by atoms with Crippen molar-refractivity contribution in [1.82, 2.24) is 5.32 Å². The normalized spacial score (nSPS) is 12.3. The van der Waals surface area contributed by atoms with Crippen LogP contribution in [0.15, 0.2) is 42.5 Å². The molecule has 0 unspecified atom stereocenters. The van der Waals surface area contributed by atoms with Crippen LogP contribution < -0.4 is 19.5 Å². The maximum atomic E-state index is 12.3. The van der Waals surface area contributed by atoms with Gasteiger partial charge >= 0.3 is 0 Å². The third-order valence-electron chi connectivity index (χ3n) is 4.57. The van der Waals surface area contributed by atoms with Crippen LogP contribution in [0.2, 0.25) is 0 Å². The summed E-state index contributed by atoms with van der Waals surface area (Å²) in [6, 6.07) is 13.0. The van der Waals surface area contributed by atoms with E-state index >= 15 is 0 Å². The van der Waals surface area contributed by atoms with Gasteiger partial charge in [0.25, 0.3) is 0 Å². The third kappa shape index (κ3) is 5.49. The van der Waals surface area contributed by atoms with Crippen LogP contribution in [-0.2, 0) is 11.2 Å². The minimum absolute atomic E-state index is 0.00278. The summed E-state index contributed by atoms with van der Waals surface area (Å²) in [6.07, 6.45) is 1.93. The molecule has 0 radical (unpaired) electrons. The van der Waals surface area contributed by atoms with E-state index in [4.69, 9.17) is 14.2 Å². The Bertz CT molecular complexity index is 816. The van der Waals surface area contributed by atoms with Crippen LogP contribution in [0.4, 0.5) is 0 Å². The smallest absolute Gasteiger partial charge is 0.220 e. The highest BCUT2D eigenvalue weighted by Crippen LogP contribution is 2.31. The molecule has 1 heterocycles. The van der Waals surface area contributed by atoms with Crippen LogP contribution in [0.1, 0.15) is 35.2 Å². The number of benzene rings is 2. The van der Waals surface area contributed by atoms with Gasteiger partial charge in [0.15, 0.2) is 17.3 Å². The maximum Gasteiger partial charge on any atom is 0.220 e. The molecule has 0 fully saturated rings. The molecule has 1 N–H and O–H groups in total. The Hall–Kier alpha value is -3.02. The van der Waals surface area contributed by atoms with Gasteiger partial charge in [-0.25, -0.2) is 0 Å². The van der Waals surface area contributed by atoms with Gasteiger partial charge in [-0.05, 0) is 48.7 Å². The lowest BCUT2D eigenvalue weighted by atomic mass is 10.0. The van der Waals surface area contributed by atoms with Gasteiger partial charge in [-0.2, -0.15) is 0 Å². The molecule has 0 saturated heterocycles. The maximum absolute atomic E-state index is 12.3. The molecule has 0 aromatic heterocycles. The van der Waals surface area contributed by atoms with E-state index < -0.39 is 0 Å².